The van der Waals surface area contributed by atoms with Crippen LogP contribution >= 0.6 is 0 Å². The molecule has 1 saturated heterocycles. The molecule has 100 valence electrons. The highest BCUT2D eigenvalue weighted by molar-refractivity contribution is 5.42. The average Bonchev–Trinajstić information content (AvgIpc) is 2.22. The Hall–Kier alpha value is -0.860. The molecule has 1 unspecified atom stereocenters. The fourth-order valence-corrected chi connectivity index (χ4v) is 3.42. The Labute approximate surface area is 110 Å². The molecule has 1 aliphatic rings. The normalized spacial score (nSPS) is 19.4. The van der Waals surface area contributed by atoms with Gasteiger partial charge in [0.1, 0.15) is 0 Å². The van der Waals surface area contributed by atoms with Crippen molar-refractivity contribution in [2.24, 2.45) is 5.92 Å². The van der Waals surface area contributed by atoms with Gasteiger partial charge >= 0.3 is 0 Å². The lowest BCUT2D eigenvalue weighted by Crippen LogP contribution is -2.38. The molecule has 2 rings (SSSR count). The molecule has 0 aromatic heterocycles. The van der Waals surface area contributed by atoms with Crippen molar-refractivity contribution < 1.29 is 9.84 Å². The van der Waals surface area contributed by atoms with Crippen molar-refractivity contribution in [1.29, 1.82) is 0 Å². The number of hydrogen-bond acceptors (Lipinski definition) is 2. The van der Waals surface area contributed by atoms with Gasteiger partial charge in [0.05, 0.1) is 19.8 Å². The van der Waals surface area contributed by atoms with Crippen molar-refractivity contribution in [2.75, 3.05) is 19.8 Å². The summed E-state index contributed by atoms with van der Waals surface area (Å²) < 4.78 is 5.26. The fraction of sp³-hybridized carbons (Fsp3) is 0.625. The SMILES string of the molecule is Cc1cc(C)c(C(C)(CO)CC2COC2)c(C)c1. The number of hydrogen-bond donors (Lipinski definition) is 1. The van der Waals surface area contributed by atoms with Gasteiger partial charge in [-0.1, -0.05) is 24.6 Å². The van der Waals surface area contributed by atoms with Gasteiger partial charge in [-0.3, -0.25) is 0 Å². The highest BCUT2D eigenvalue weighted by atomic mass is 16.5. The molecule has 0 bridgehead atoms. The Morgan fingerprint density at radius 3 is 2.17 bits per heavy atom. The predicted molar refractivity (Wildman–Crippen MR) is 74.0 cm³/mol. The third kappa shape index (κ3) is 2.45. The van der Waals surface area contributed by atoms with E-state index in [0.29, 0.717) is 5.92 Å². The molecule has 1 aromatic carbocycles. The lowest BCUT2D eigenvalue weighted by Gasteiger charge is -2.38. The molecule has 1 fully saturated rings. The van der Waals surface area contributed by atoms with E-state index in [2.05, 4.69) is 39.8 Å². The Morgan fingerprint density at radius 1 is 1.22 bits per heavy atom. The molecule has 1 aliphatic heterocycles. The molecule has 1 atom stereocenters. The van der Waals surface area contributed by atoms with Crippen LogP contribution in [0.1, 0.15) is 35.6 Å². The average molecular weight is 248 g/mol. The van der Waals surface area contributed by atoms with E-state index in [9.17, 15) is 5.11 Å². The molecule has 1 heterocycles. The first-order valence-electron chi connectivity index (χ1n) is 6.73. The van der Waals surface area contributed by atoms with Gasteiger partial charge in [0.25, 0.3) is 0 Å². The van der Waals surface area contributed by atoms with Crippen LogP contribution in [0.4, 0.5) is 0 Å². The fourth-order valence-electron chi connectivity index (χ4n) is 3.42. The molecule has 1 N–H and O–H groups in total. The lowest BCUT2D eigenvalue weighted by molar-refractivity contribution is -0.0486. The van der Waals surface area contributed by atoms with Crippen LogP contribution in [0.15, 0.2) is 12.1 Å². The molecule has 18 heavy (non-hydrogen) atoms. The summed E-state index contributed by atoms with van der Waals surface area (Å²) in [6.07, 6.45) is 1.01. The molecule has 0 amide bonds. The molecule has 2 heteroatoms. The molecule has 0 aliphatic carbocycles. The van der Waals surface area contributed by atoms with Crippen molar-refractivity contribution in [3.8, 4) is 0 Å². The number of aliphatic hydroxyl groups excluding tert-OH is 1. The summed E-state index contributed by atoms with van der Waals surface area (Å²) in [5, 5.41) is 9.88. The minimum atomic E-state index is -0.143. The zero-order chi connectivity index (χ0) is 13.3. The highest BCUT2D eigenvalue weighted by Gasteiger charge is 2.34. The highest BCUT2D eigenvalue weighted by Crippen LogP contribution is 2.37. The lowest BCUT2D eigenvalue weighted by atomic mass is 9.72. The Morgan fingerprint density at radius 2 is 1.78 bits per heavy atom. The Bertz CT molecular complexity index is 412. The van der Waals surface area contributed by atoms with E-state index in [1.807, 2.05) is 0 Å². The molecule has 2 nitrogen and oxygen atoms in total. The van der Waals surface area contributed by atoms with E-state index in [1.165, 1.54) is 22.3 Å². The minimum absolute atomic E-state index is 0.143. The summed E-state index contributed by atoms with van der Waals surface area (Å²) in [5.41, 5.74) is 5.06. The van der Waals surface area contributed by atoms with Crippen LogP contribution < -0.4 is 0 Å². The first kappa shape index (κ1) is 13.6. The second kappa shape index (κ2) is 5.02. The summed E-state index contributed by atoms with van der Waals surface area (Å²) in [6.45, 7) is 10.5. The molecule has 0 radical (unpaired) electrons. The van der Waals surface area contributed by atoms with Gasteiger partial charge in [-0.25, -0.2) is 0 Å². The van der Waals surface area contributed by atoms with Crippen molar-refractivity contribution in [2.45, 2.75) is 39.5 Å². The van der Waals surface area contributed by atoms with Crippen LogP contribution in [0.5, 0.6) is 0 Å². The summed E-state index contributed by atoms with van der Waals surface area (Å²) >= 11 is 0. The van der Waals surface area contributed by atoms with E-state index in [4.69, 9.17) is 4.74 Å². The van der Waals surface area contributed by atoms with Crippen LogP contribution in [-0.4, -0.2) is 24.9 Å². The van der Waals surface area contributed by atoms with Crippen LogP contribution in [0, 0.1) is 26.7 Å². The van der Waals surface area contributed by atoms with Crippen molar-refractivity contribution in [3.63, 3.8) is 0 Å². The topological polar surface area (TPSA) is 29.5 Å². The van der Waals surface area contributed by atoms with Crippen LogP contribution in [0.3, 0.4) is 0 Å². The van der Waals surface area contributed by atoms with Crippen molar-refractivity contribution in [3.05, 3.63) is 34.4 Å². The van der Waals surface area contributed by atoms with E-state index < -0.39 is 0 Å². The van der Waals surface area contributed by atoms with Crippen molar-refractivity contribution >= 4 is 0 Å². The molecule has 1 aromatic rings. The maximum Gasteiger partial charge on any atom is 0.0525 e. The number of aryl methyl sites for hydroxylation is 3. The van der Waals surface area contributed by atoms with E-state index in [-0.39, 0.29) is 12.0 Å². The maximum absolute atomic E-state index is 9.88. The number of ether oxygens (including phenoxy) is 1. The summed E-state index contributed by atoms with van der Waals surface area (Å²) in [7, 11) is 0. The quantitative estimate of drug-likeness (QED) is 0.888. The van der Waals surface area contributed by atoms with Gasteiger partial charge in [0.15, 0.2) is 0 Å². The van der Waals surface area contributed by atoms with E-state index in [0.717, 1.165) is 19.6 Å². The van der Waals surface area contributed by atoms with Gasteiger partial charge in [-0.2, -0.15) is 0 Å². The zero-order valence-corrected chi connectivity index (χ0v) is 11.9. The Balaban J connectivity index is 2.36. The van der Waals surface area contributed by atoms with Crippen molar-refractivity contribution in [1.82, 2.24) is 0 Å². The smallest absolute Gasteiger partial charge is 0.0525 e. The molecule has 0 saturated carbocycles. The van der Waals surface area contributed by atoms with E-state index >= 15 is 0 Å². The zero-order valence-electron chi connectivity index (χ0n) is 11.9. The molecular weight excluding hydrogens is 224 g/mol. The third-order valence-electron chi connectivity index (χ3n) is 4.08. The summed E-state index contributed by atoms with van der Waals surface area (Å²) in [5.74, 6) is 0.599. The third-order valence-corrected chi connectivity index (χ3v) is 4.08. The molecular formula is C16H24O2. The number of aliphatic hydroxyl groups is 1. The largest absolute Gasteiger partial charge is 0.395 e. The molecule has 0 spiro atoms. The Kier molecular flexibility index (Phi) is 3.79. The van der Waals surface area contributed by atoms with Gasteiger partial charge in [-0.05, 0) is 43.9 Å². The van der Waals surface area contributed by atoms with Crippen LogP contribution in [0.25, 0.3) is 0 Å². The van der Waals surface area contributed by atoms with E-state index in [1.54, 1.807) is 0 Å². The second-order valence-electron chi connectivity index (χ2n) is 6.10. The number of rotatable bonds is 4. The summed E-state index contributed by atoms with van der Waals surface area (Å²) in [6, 6.07) is 4.43. The monoisotopic (exact) mass is 248 g/mol. The minimum Gasteiger partial charge on any atom is -0.395 e. The van der Waals surface area contributed by atoms with Gasteiger partial charge in [0.2, 0.25) is 0 Å². The maximum atomic E-state index is 9.88. The first-order valence-corrected chi connectivity index (χ1v) is 6.73. The van der Waals surface area contributed by atoms with Crippen LogP contribution in [0.2, 0.25) is 0 Å². The van der Waals surface area contributed by atoms with Gasteiger partial charge in [0, 0.05) is 11.3 Å². The van der Waals surface area contributed by atoms with Gasteiger partial charge in [-0.15, -0.1) is 0 Å². The van der Waals surface area contributed by atoms with Crippen LogP contribution in [-0.2, 0) is 10.2 Å². The second-order valence-corrected chi connectivity index (χ2v) is 6.10. The summed E-state index contributed by atoms with van der Waals surface area (Å²) in [4.78, 5) is 0. The van der Waals surface area contributed by atoms with Gasteiger partial charge < -0.3 is 9.84 Å². The number of benzene rings is 1. The standard InChI is InChI=1S/C16H24O2/c1-11-5-12(2)15(13(3)6-11)16(4,10-17)7-14-8-18-9-14/h5-6,14,17H,7-10H2,1-4H3. The first-order chi connectivity index (χ1) is 8.46. The predicted octanol–water partition coefficient (Wildman–Crippen LogP) is 2.90.